The normalized spacial score (nSPS) is 48.4. The lowest BCUT2D eigenvalue weighted by Gasteiger charge is -2.64. The summed E-state index contributed by atoms with van der Waals surface area (Å²) < 4.78 is 10.9. The first-order valence-corrected chi connectivity index (χ1v) is 12.9. The topological polar surface area (TPSA) is 82.0 Å². The fraction of sp³-hybridized carbons (Fsp3) is 0.875. The number of carbonyl (C=O) groups excluding carboxylic acids is 3. The number of isocyanates is 1. The van der Waals surface area contributed by atoms with Crippen LogP contribution in [0.2, 0.25) is 0 Å². The molecule has 4 fully saturated rings. The van der Waals surface area contributed by atoms with Crippen molar-refractivity contribution in [3.05, 3.63) is 0 Å². The number of esters is 2. The van der Waals surface area contributed by atoms with Gasteiger partial charge in [-0.1, -0.05) is 36.4 Å². The van der Waals surface area contributed by atoms with Gasteiger partial charge in [0.15, 0.2) is 0 Å². The smallest absolute Gasteiger partial charge is 0.309 e. The molecule has 9 atom stereocenters. The van der Waals surface area contributed by atoms with Crippen molar-refractivity contribution in [1.82, 2.24) is 0 Å². The summed E-state index contributed by atoms with van der Waals surface area (Å²) in [6, 6.07) is 0. The summed E-state index contributed by atoms with van der Waals surface area (Å²) in [6.45, 7) is 6.07. The van der Waals surface area contributed by atoms with E-state index in [0.717, 1.165) is 44.9 Å². The minimum atomic E-state index is -0.572. The van der Waals surface area contributed by atoms with Crippen molar-refractivity contribution in [2.75, 3.05) is 7.11 Å². The van der Waals surface area contributed by atoms with E-state index in [4.69, 9.17) is 9.47 Å². The second kappa shape index (κ2) is 8.12. The van der Waals surface area contributed by atoms with Gasteiger partial charge in [0.1, 0.15) is 6.10 Å². The molecule has 4 rings (SSSR count). The number of hydrogen-bond donors (Lipinski definition) is 0. The van der Waals surface area contributed by atoms with Crippen LogP contribution in [0.25, 0.3) is 0 Å². The Morgan fingerprint density at radius 3 is 2.45 bits per heavy atom. The summed E-state index contributed by atoms with van der Waals surface area (Å²) in [6.07, 6.45) is 9.47. The van der Waals surface area contributed by atoms with Crippen LogP contribution in [0.1, 0.15) is 72.1 Å². The van der Waals surface area contributed by atoms with Gasteiger partial charge in [-0.2, -0.15) is 4.99 Å². The van der Waals surface area contributed by atoms with Gasteiger partial charge in [-0.15, -0.1) is 0 Å². The van der Waals surface area contributed by atoms with Crippen molar-refractivity contribution < 1.29 is 23.9 Å². The second-order valence-electron chi connectivity index (χ2n) is 10.8. The van der Waals surface area contributed by atoms with Gasteiger partial charge in [0.05, 0.1) is 18.6 Å². The van der Waals surface area contributed by atoms with Crippen LogP contribution in [0.15, 0.2) is 4.99 Å². The summed E-state index contributed by atoms with van der Waals surface area (Å²) in [5.41, 5.74) is -0.813. The lowest BCUT2D eigenvalue weighted by Crippen LogP contribution is -2.64. The van der Waals surface area contributed by atoms with Crippen LogP contribution in [-0.2, 0) is 23.9 Å². The van der Waals surface area contributed by atoms with Gasteiger partial charge < -0.3 is 9.47 Å². The van der Waals surface area contributed by atoms with E-state index in [1.807, 2.05) is 6.08 Å². The minimum Gasteiger partial charge on any atom is -0.469 e. The van der Waals surface area contributed by atoms with E-state index in [9.17, 15) is 14.4 Å². The Morgan fingerprint density at radius 1 is 1.06 bits per heavy atom. The van der Waals surface area contributed by atoms with Crippen molar-refractivity contribution in [2.45, 2.75) is 87.7 Å². The van der Waals surface area contributed by atoms with Gasteiger partial charge in [-0.25, -0.2) is 4.79 Å². The Bertz CT molecular complexity index is 812. The van der Waals surface area contributed by atoms with Crippen molar-refractivity contribution in [3.63, 3.8) is 0 Å². The van der Waals surface area contributed by atoms with Crippen LogP contribution in [0.5, 0.6) is 0 Å². The van der Waals surface area contributed by atoms with E-state index in [2.05, 4.69) is 41.4 Å². The first-order chi connectivity index (χ1) is 14.6. The summed E-state index contributed by atoms with van der Waals surface area (Å²) in [5.74, 6) is 0.621. The highest BCUT2D eigenvalue weighted by Crippen LogP contribution is 2.71. The molecule has 0 amide bonds. The first-order valence-electron chi connectivity index (χ1n) is 11.6. The number of alkyl halides is 1. The van der Waals surface area contributed by atoms with Crippen molar-refractivity contribution >= 4 is 40.6 Å². The Kier molecular flexibility index (Phi) is 6.08. The maximum absolute atomic E-state index is 12.7. The van der Waals surface area contributed by atoms with Crippen molar-refractivity contribution in [3.8, 4) is 0 Å². The number of carbonyl (C=O) groups is 2. The highest BCUT2D eigenvalue weighted by atomic mass is 127. The number of fused-ring (bicyclic) bond motifs is 5. The number of ether oxygens (including phenoxy) is 2. The fourth-order valence-electron chi connectivity index (χ4n) is 8.38. The van der Waals surface area contributed by atoms with Gasteiger partial charge >= 0.3 is 11.9 Å². The molecule has 0 N–H and O–H groups in total. The molecule has 172 valence electrons. The molecule has 0 aromatic heterocycles. The standard InChI is InChI=1S/C24H34INO5/c1-14(28)31-16-7-9-22(2)15(11-16)5-6-18-17(22)8-10-23(3)19(21(29)30-4)12-20(25)24(18,23)26-13-27/h15-20H,5-12H2,1-4H3/t15-,16+,17+,18-,19-,20?,22+,23-,24+/m1/s1. The molecule has 0 bridgehead atoms. The van der Waals surface area contributed by atoms with Crippen LogP contribution in [-0.4, -0.2) is 40.7 Å². The molecule has 31 heavy (non-hydrogen) atoms. The highest BCUT2D eigenvalue weighted by Gasteiger charge is 2.72. The summed E-state index contributed by atoms with van der Waals surface area (Å²) in [4.78, 5) is 40.6. The second-order valence-corrected chi connectivity index (χ2v) is 12.3. The minimum absolute atomic E-state index is 0.0236. The summed E-state index contributed by atoms with van der Waals surface area (Å²) in [5, 5.41) is 0. The van der Waals surface area contributed by atoms with E-state index < -0.39 is 5.54 Å². The third kappa shape index (κ3) is 3.24. The van der Waals surface area contributed by atoms with Gasteiger partial charge in [0.25, 0.3) is 0 Å². The molecule has 4 saturated carbocycles. The van der Waals surface area contributed by atoms with E-state index in [1.54, 1.807) is 0 Å². The van der Waals surface area contributed by atoms with Crippen LogP contribution in [0.3, 0.4) is 0 Å². The average Bonchev–Trinajstić information content (AvgIpc) is 2.95. The number of methoxy groups -OCH3 is 1. The molecule has 0 spiro atoms. The third-order valence-corrected chi connectivity index (χ3v) is 11.3. The van der Waals surface area contributed by atoms with Gasteiger partial charge in [-0.05, 0) is 74.5 Å². The monoisotopic (exact) mass is 543 g/mol. The number of hydrogen-bond acceptors (Lipinski definition) is 6. The SMILES string of the molecule is COC(=O)[C@H]1CC(I)[C@@]2(N=C=O)[C@@H]3CC[C@@H]4C[C@@H](OC(C)=O)CC[C@]4(C)[C@H]3CC[C@]12C. The predicted octanol–water partition coefficient (Wildman–Crippen LogP) is 4.62. The number of aliphatic imine (C=N–C) groups is 1. The van der Waals surface area contributed by atoms with E-state index in [1.165, 1.54) is 14.0 Å². The largest absolute Gasteiger partial charge is 0.469 e. The van der Waals surface area contributed by atoms with E-state index >= 15 is 0 Å². The van der Waals surface area contributed by atoms with Crippen LogP contribution >= 0.6 is 22.6 Å². The molecule has 0 saturated heterocycles. The molecule has 1 unspecified atom stereocenters. The molecule has 7 heteroatoms. The molecular weight excluding hydrogens is 509 g/mol. The molecular formula is C24H34INO5. The van der Waals surface area contributed by atoms with Crippen LogP contribution in [0, 0.1) is 34.5 Å². The van der Waals surface area contributed by atoms with E-state index in [-0.39, 0.29) is 44.6 Å². The zero-order chi connectivity index (χ0) is 22.6. The number of halogens is 1. The Hall–Kier alpha value is -0.950. The highest BCUT2D eigenvalue weighted by molar-refractivity contribution is 14.1. The van der Waals surface area contributed by atoms with Gasteiger partial charge in [0, 0.05) is 16.3 Å². The van der Waals surface area contributed by atoms with Crippen LogP contribution in [0.4, 0.5) is 0 Å². The van der Waals surface area contributed by atoms with Crippen molar-refractivity contribution in [1.29, 1.82) is 0 Å². The zero-order valence-corrected chi connectivity index (χ0v) is 21.1. The lowest BCUT2D eigenvalue weighted by molar-refractivity contribution is -0.166. The molecule has 0 aromatic rings. The van der Waals surface area contributed by atoms with Gasteiger partial charge in [-0.3, -0.25) is 9.59 Å². The zero-order valence-electron chi connectivity index (χ0n) is 19.0. The molecule has 0 aromatic carbocycles. The fourth-order valence-corrected chi connectivity index (χ4v) is 10.2. The van der Waals surface area contributed by atoms with Crippen molar-refractivity contribution in [2.24, 2.45) is 39.5 Å². The third-order valence-electron chi connectivity index (χ3n) is 9.84. The van der Waals surface area contributed by atoms with E-state index in [0.29, 0.717) is 18.3 Å². The number of nitrogens with zero attached hydrogens (tertiary/aromatic N) is 1. The maximum atomic E-state index is 12.7. The quantitative estimate of drug-likeness (QED) is 0.171. The molecule has 4 aliphatic rings. The van der Waals surface area contributed by atoms with Gasteiger partial charge in [0.2, 0.25) is 6.08 Å². The Balaban J connectivity index is 1.70. The summed E-state index contributed by atoms with van der Waals surface area (Å²) in [7, 11) is 1.45. The molecule has 0 radical (unpaired) electrons. The molecule has 0 heterocycles. The molecule has 4 aliphatic carbocycles. The Labute approximate surface area is 198 Å². The average molecular weight is 543 g/mol. The Morgan fingerprint density at radius 2 is 1.81 bits per heavy atom. The first kappa shape index (κ1) is 23.2. The maximum Gasteiger partial charge on any atom is 0.309 e. The lowest BCUT2D eigenvalue weighted by atomic mass is 9.42. The summed E-state index contributed by atoms with van der Waals surface area (Å²) >= 11 is 2.44. The molecule has 6 nitrogen and oxygen atoms in total. The predicted molar refractivity (Wildman–Crippen MR) is 123 cm³/mol. The van der Waals surface area contributed by atoms with Crippen LogP contribution < -0.4 is 0 Å². The number of rotatable bonds is 3. The molecule has 0 aliphatic heterocycles.